The highest BCUT2D eigenvalue weighted by Gasteiger charge is 1.99. The summed E-state index contributed by atoms with van der Waals surface area (Å²) in [5.74, 6) is 2.73. The molecule has 0 aliphatic rings. The Bertz CT molecular complexity index is 443. The maximum atomic E-state index is 10.5. The van der Waals surface area contributed by atoms with Crippen LogP contribution in [0.4, 0.5) is 0 Å². The zero-order valence-corrected chi connectivity index (χ0v) is 12.9. The molecule has 0 fully saturated rings. The summed E-state index contributed by atoms with van der Waals surface area (Å²) in [6.45, 7) is 5.14. The Morgan fingerprint density at radius 1 is 1.50 bits per heavy atom. The van der Waals surface area contributed by atoms with Gasteiger partial charge in [-0.3, -0.25) is 0 Å². The minimum absolute atomic E-state index is 0.674. The summed E-state index contributed by atoms with van der Waals surface area (Å²) in [7, 11) is 0. The average molecular weight is 294 g/mol. The van der Waals surface area contributed by atoms with Crippen LogP contribution >= 0.6 is 11.8 Å². The van der Waals surface area contributed by atoms with Gasteiger partial charge in [-0.15, -0.1) is 0 Å². The molecule has 0 radical (unpaired) electrons. The van der Waals surface area contributed by atoms with Gasteiger partial charge in [0.2, 0.25) is 0 Å². The Morgan fingerprint density at radius 2 is 2.30 bits per heavy atom. The van der Waals surface area contributed by atoms with Crippen LogP contribution in [0.1, 0.15) is 25.8 Å². The van der Waals surface area contributed by atoms with E-state index in [1.165, 1.54) is 12.2 Å². The fourth-order valence-corrected chi connectivity index (χ4v) is 2.50. The van der Waals surface area contributed by atoms with Crippen LogP contribution in [0.25, 0.3) is 6.08 Å². The van der Waals surface area contributed by atoms with E-state index in [0.29, 0.717) is 6.61 Å². The molecule has 0 aliphatic heterocycles. The Morgan fingerprint density at radius 3 is 3.00 bits per heavy atom. The van der Waals surface area contributed by atoms with E-state index < -0.39 is 5.97 Å². The van der Waals surface area contributed by atoms with Crippen LogP contribution in [0.2, 0.25) is 0 Å². The van der Waals surface area contributed by atoms with E-state index in [2.05, 4.69) is 13.8 Å². The van der Waals surface area contributed by atoms with Crippen LogP contribution < -0.4 is 4.74 Å². The zero-order valence-electron chi connectivity index (χ0n) is 12.0. The minimum Gasteiger partial charge on any atom is -0.493 e. The fraction of sp³-hybridized carbons (Fsp3) is 0.438. The number of thioether (sulfide) groups is 1. The summed E-state index contributed by atoms with van der Waals surface area (Å²) in [6, 6.07) is 7.45. The highest BCUT2D eigenvalue weighted by molar-refractivity contribution is 7.99. The van der Waals surface area contributed by atoms with Gasteiger partial charge in [0.1, 0.15) is 5.75 Å². The summed E-state index contributed by atoms with van der Waals surface area (Å²) in [5.41, 5.74) is 0.831. The topological polar surface area (TPSA) is 46.5 Å². The number of aliphatic carboxylic acids is 1. The second-order valence-corrected chi connectivity index (χ2v) is 5.83. The first kappa shape index (κ1) is 16.6. The number of benzene rings is 1. The van der Waals surface area contributed by atoms with Crippen LogP contribution in [-0.4, -0.2) is 29.2 Å². The highest BCUT2D eigenvalue weighted by Crippen LogP contribution is 2.16. The molecule has 0 saturated heterocycles. The van der Waals surface area contributed by atoms with Crippen molar-refractivity contribution in [3.8, 4) is 5.75 Å². The summed E-state index contributed by atoms with van der Waals surface area (Å²) in [4.78, 5) is 10.5. The van der Waals surface area contributed by atoms with Gasteiger partial charge in [0.25, 0.3) is 0 Å². The molecule has 0 spiro atoms. The van der Waals surface area contributed by atoms with Gasteiger partial charge >= 0.3 is 5.97 Å². The van der Waals surface area contributed by atoms with Gasteiger partial charge in [-0.25, -0.2) is 4.79 Å². The highest BCUT2D eigenvalue weighted by atomic mass is 32.2. The van der Waals surface area contributed by atoms with Crippen molar-refractivity contribution in [1.82, 2.24) is 0 Å². The molecule has 0 aliphatic carbocycles. The molecule has 1 rings (SSSR count). The summed E-state index contributed by atoms with van der Waals surface area (Å²) >= 11 is 1.91. The van der Waals surface area contributed by atoms with Crippen LogP contribution in [0.3, 0.4) is 0 Å². The van der Waals surface area contributed by atoms with Crippen molar-refractivity contribution in [2.24, 2.45) is 5.92 Å². The quantitative estimate of drug-likeness (QED) is 0.553. The molecule has 1 aromatic rings. The molecule has 0 aromatic heterocycles. The van der Waals surface area contributed by atoms with Gasteiger partial charge in [0.05, 0.1) is 6.61 Å². The van der Waals surface area contributed by atoms with E-state index in [4.69, 9.17) is 9.84 Å². The maximum Gasteiger partial charge on any atom is 0.328 e. The Kier molecular flexibility index (Phi) is 7.88. The van der Waals surface area contributed by atoms with Crippen LogP contribution in [0, 0.1) is 5.92 Å². The zero-order chi connectivity index (χ0) is 14.8. The predicted octanol–water partition coefficient (Wildman–Crippen LogP) is 3.94. The molecule has 110 valence electrons. The van der Waals surface area contributed by atoms with Crippen molar-refractivity contribution in [2.45, 2.75) is 20.3 Å². The van der Waals surface area contributed by atoms with Crippen molar-refractivity contribution >= 4 is 23.8 Å². The second-order valence-electron chi connectivity index (χ2n) is 4.68. The standard InChI is InChI=1S/C16H22O3S/c1-3-13(2)12-20-10-9-19-15-6-4-5-14(11-15)7-8-16(17)18/h4-8,11,13H,3,9-10,12H2,1-2H3,(H,17,18)/b8-7+. The van der Waals surface area contributed by atoms with Gasteiger partial charge in [-0.1, -0.05) is 32.4 Å². The molecule has 0 heterocycles. The van der Waals surface area contributed by atoms with Gasteiger partial charge in [0.15, 0.2) is 0 Å². The average Bonchev–Trinajstić information content (AvgIpc) is 2.45. The van der Waals surface area contributed by atoms with Crippen LogP contribution in [0.15, 0.2) is 30.3 Å². The predicted molar refractivity (Wildman–Crippen MR) is 85.4 cm³/mol. The first-order chi connectivity index (χ1) is 9.61. The van der Waals surface area contributed by atoms with Crippen molar-refractivity contribution in [2.75, 3.05) is 18.1 Å². The van der Waals surface area contributed by atoms with Crippen LogP contribution in [-0.2, 0) is 4.79 Å². The van der Waals surface area contributed by atoms with Crippen molar-refractivity contribution in [3.63, 3.8) is 0 Å². The van der Waals surface area contributed by atoms with E-state index in [1.54, 1.807) is 6.08 Å². The third kappa shape index (κ3) is 7.24. The van der Waals surface area contributed by atoms with Crippen molar-refractivity contribution in [3.05, 3.63) is 35.9 Å². The second kappa shape index (κ2) is 9.48. The summed E-state index contributed by atoms with van der Waals surface area (Å²) in [6.07, 6.45) is 3.90. The van der Waals surface area contributed by atoms with Crippen LogP contribution in [0.5, 0.6) is 5.75 Å². The summed E-state index contributed by atoms with van der Waals surface area (Å²) < 4.78 is 5.67. The number of hydrogen-bond donors (Lipinski definition) is 1. The number of rotatable bonds is 9. The van der Waals surface area contributed by atoms with E-state index >= 15 is 0 Å². The molecule has 0 amide bonds. The van der Waals surface area contributed by atoms with E-state index in [-0.39, 0.29) is 0 Å². The normalized spacial score (nSPS) is 12.5. The monoisotopic (exact) mass is 294 g/mol. The van der Waals surface area contributed by atoms with E-state index in [0.717, 1.165) is 29.1 Å². The van der Waals surface area contributed by atoms with Crippen molar-refractivity contribution in [1.29, 1.82) is 0 Å². The first-order valence-electron chi connectivity index (χ1n) is 6.83. The number of ether oxygens (including phenoxy) is 1. The lowest BCUT2D eigenvalue weighted by atomic mass is 10.2. The third-order valence-corrected chi connectivity index (χ3v) is 4.13. The molecule has 0 bridgehead atoms. The van der Waals surface area contributed by atoms with Gasteiger partial charge in [0, 0.05) is 11.8 Å². The fourth-order valence-electron chi connectivity index (χ4n) is 1.50. The van der Waals surface area contributed by atoms with Gasteiger partial charge in [-0.2, -0.15) is 11.8 Å². The number of carboxylic acids is 1. The van der Waals surface area contributed by atoms with E-state index in [9.17, 15) is 4.79 Å². The lowest BCUT2D eigenvalue weighted by molar-refractivity contribution is -0.131. The molecule has 20 heavy (non-hydrogen) atoms. The smallest absolute Gasteiger partial charge is 0.328 e. The number of hydrogen-bond acceptors (Lipinski definition) is 3. The summed E-state index contributed by atoms with van der Waals surface area (Å²) in [5, 5.41) is 8.59. The molecule has 1 aromatic carbocycles. The third-order valence-electron chi connectivity index (χ3n) is 2.87. The molecule has 1 atom stereocenters. The molecule has 3 nitrogen and oxygen atoms in total. The lowest BCUT2D eigenvalue weighted by Gasteiger charge is -2.09. The Hall–Kier alpha value is -1.42. The molecule has 1 unspecified atom stereocenters. The molecular formula is C16H22O3S. The molecule has 1 N–H and O–H groups in total. The number of carbonyl (C=O) groups is 1. The molecular weight excluding hydrogens is 272 g/mol. The van der Waals surface area contributed by atoms with E-state index in [1.807, 2.05) is 36.0 Å². The van der Waals surface area contributed by atoms with Gasteiger partial charge < -0.3 is 9.84 Å². The Balaban J connectivity index is 2.33. The Labute approximate surface area is 125 Å². The minimum atomic E-state index is -0.947. The van der Waals surface area contributed by atoms with Gasteiger partial charge in [-0.05, 0) is 35.4 Å². The number of carboxylic acid groups (broad SMARTS) is 1. The molecule has 0 saturated carbocycles. The van der Waals surface area contributed by atoms with Crippen molar-refractivity contribution < 1.29 is 14.6 Å². The lowest BCUT2D eigenvalue weighted by Crippen LogP contribution is -2.03. The maximum absolute atomic E-state index is 10.5. The molecule has 4 heteroatoms. The first-order valence-corrected chi connectivity index (χ1v) is 7.99. The largest absolute Gasteiger partial charge is 0.493 e. The SMILES string of the molecule is CCC(C)CSCCOc1cccc(/C=C/C(=O)O)c1.